The van der Waals surface area contributed by atoms with Crippen molar-refractivity contribution in [1.82, 2.24) is 14.8 Å². The molecule has 7 heteroatoms. The van der Waals surface area contributed by atoms with E-state index in [0.717, 1.165) is 30.4 Å². The lowest BCUT2D eigenvalue weighted by Crippen LogP contribution is -2.07. The van der Waals surface area contributed by atoms with Crippen molar-refractivity contribution in [2.45, 2.75) is 32.8 Å². The summed E-state index contributed by atoms with van der Waals surface area (Å²) < 4.78 is 20.6. The van der Waals surface area contributed by atoms with Crippen LogP contribution in [0.2, 0.25) is 0 Å². The van der Waals surface area contributed by atoms with E-state index in [0.29, 0.717) is 11.7 Å². The summed E-state index contributed by atoms with van der Waals surface area (Å²) in [6, 6.07) is 8.95. The highest BCUT2D eigenvalue weighted by Crippen LogP contribution is 2.25. The van der Waals surface area contributed by atoms with E-state index >= 15 is 0 Å². The van der Waals surface area contributed by atoms with E-state index in [4.69, 9.17) is 4.74 Å². The molecule has 1 N–H and O–H groups in total. The molecule has 3 aromatic rings. The van der Waals surface area contributed by atoms with Crippen LogP contribution in [0, 0.1) is 5.82 Å². The number of benzene rings is 1. The Morgan fingerprint density at radius 2 is 2.04 bits per heavy atom. The molecule has 0 bridgehead atoms. The Bertz CT molecular complexity index is 922. The van der Waals surface area contributed by atoms with Gasteiger partial charge in [-0.25, -0.2) is 14.2 Å². The van der Waals surface area contributed by atoms with Crippen molar-refractivity contribution in [2.75, 3.05) is 0 Å². The topological polar surface area (TPSA) is 77.2 Å². The van der Waals surface area contributed by atoms with E-state index < -0.39 is 5.97 Å². The molecule has 0 fully saturated rings. The summed E-state index contributed by atoms with van der Waals surface area (Å²) in [6.45, 7) is 2.34. The van der Waals surface area contributed by atoms with Gasteiger partial charge in [0.1, 0.15) is 12.4 Å². The van der Waals surface area contributed by atoms with Crippen LogP contribution in [0.25, 0.3) is 5.82 Å². The smallest absolute Gasteiger partial charge is 0.335 e. The van der Waals surface area contributed by atoms with E-state index in [-0.39, 0.29) is 18.0 Å². The van der Waals surface area contributed by atoms with Crippen molar-refractivity contribution < 1.29 is 19.0 Å². The Balaban J connectivity index is 1.91. The number of halogens is 1. The Morgan fingerprint density at radius 1 is 1.26 bits per heavy atom. The average Bonchev–Trinajstić information content (AvgIpc) is 3.08. The van der Waals surface area contributed by atoms with Gasteiger partial charge in [0, 0.05) is 11.8 Å². The fourth-order valence-corrected chi connectivity index (χ4v) is 2.63. The summed E-state index contributed by atoms with van der Waals surface area (Å²) in [4.78, 5) is 15.5. The third-order valence-corrected chi connectivity index (χ3v) is 4.09. The van der Waals surface area contributed by atoms with E-state index in [9.17, 15) is 14.3 Å². The molecule has 3 rings (SSSR count). The first-order valence-electron chi connectivity index (χ1n) is 8.72. The third-order valence-electron chi connectivity index (χ3n) is 4.09. The van der Waals surface area contributed by atoms with Crippen LogP contribution in [0.3, 0.4) is 0 Å². The summed E-state index contributed by atoms with van der Waals surface area (Å²) in [6.07, 6.45) is 5.92. The summed E-state index contributed by atoms with van der Waals surface area (Å²) in [7, 11) is 0. The first-order valence-corrected chi connectivity index (χ1v) is 8.72. The Kier molecular flexibility index (Phi) is 5.80. The highest BCUT2D eigenvalue weighted by molar-refractivity contribution is 5.87. The third kappa shape index (κ3) is 4.49. The van der Waals surface area contributed by atoms with Gasteiger partial charge in [-0.1, -0.05) is 25.5 Å². The number of hydrogen-bond acceptors (Lipinski definition) is 4. The highest BCUT2D eigenvalue weighted by atomic mass is 19.1. The number of carbonyl (C=O) groups is 1. The zero-order chi connectivity index (χ0) is 19.2. The van der Waals surface area contributed by atoms with Gasteiger partial charge in [0.2, 0.25) is 5.88 Å². The highest BCUT2D eigenvalue weighted by Gasteiger charge is 2.16. The Labute approximate surface area is 156 Å². The van der Waals surface area contributed by atoms with E-state index in [2.05, 4.69) is 17.0 Å². The van der Waals surface area contributed by atoms with Crippen LogP contribution in [-0.4, -0.2) is 25.8 Å². The van der Waals surface area contributed by atoms with Crippen LogP contribution in [0.4, 0.5) is 4.39 Å². The maximum atomic E-state index is 13.1. The van der Waals surface area contributed by atoms with Crippen molar-refractivity contribution in [3.05, 3.63) is 71.3 Å². The van der Waals surface area contributed by atoms with Gasteiger partial charge in [-0.15, -0.1) is 0 Å². The molecular formula is C20H20FN3O3. The molecule has 0 saturated carbocycles. The molecule has 0 saturated heterocycles. The standard InChI is InChI=1S/C20H20FN3O3/c1-2-3-4-16-12-23-24(18-11-15(20(25)26)9-10-22-18)19(16)27-13-14-5-7-17(21)8-6-14/h5-12H,2-4,13H2,1H3,(H,25,26). The molecule has 0 spiro atoms. The van der Waals surface area contributed by atoms with Gasteiger partial charge in [0.05, 0.1) is 11.8 Å². The Morgan fingerprint density at radius 3 is 2.74 bits per heavy atom. The minimum absolute atomic E-state index is 0.120. The van der Waals surface area contributed by atoms with E-state index in [1.807, 2.05) is 0 Å². The van der Waals surface area contributed by atoms with Crippen molar-refractivity contribution in [3.8, 4) is 11.7 Å². The van der Waals surface area contributed by atoms with Crippen LogP contribution < -0.4 is 4.74 Å². The molecule has 0 amide bonds. The van der Waals surface area contributed by atoms with Crippen molar-refractivity contribution in [3.63, 3.8) is 0 Å². The number of carboxylic acid groups (broad SMARTS) is 1. The number of hydrogen-bond donors (Lipinski definition) is 1. The van der Waals surface area contributed by atoms with E-state index in [1.165, 1.54) is 35.1 Å². The molecule has 0 aliphatic rings. The summed E-state index contributed by atoms with van der Waals surface area (Å²) in [5.74, 6) is -0.456. The van der Waals surface area contributed by atoms with Gasteiger partial charge in [0.15, 0.2) is 5.82 Å². The summed E-state index contributed by atoms with van der Waals surface area (Å²) in [5, 5.41) is 13.5. The predicted octanol–water partition coefficient (Wildman–Crippen LogP) is 4.03. The van der Waals surface area contributed by atoms with Crippen LogP contribution in [0.1, 0.15) is 41.3 Å². The second-order valence-electron chi connectivity index (χ2n) is 6.11. The quantitative estimate of drug-likeness (QED) is 0.649. The molecule has 2 aromatic heterocycles. The molecule has 0 aliphatic carbocycles. The summed E-state index contributed by atoms with van der Waals surface area (Å²) >= 11 is 0. The number of aromatic nitrogens is 3. The number of pyridine rings is 1. The molecule has 1 aromatic carbocycles. The minimum atomic E-state index is -1.04. The second-order valence-corrected chi connectivity index (χ2v) is 6.11. The number of ether oxygens (including phenoxy) is 1. The number of carboxylic acids is 1. The largest absolute Gasteiger partial charge is 0.478 e. The maximum absolute atomic E-state index is 13.1. The SMILES string of the molecule is CCCCc1cnn(-c2cc(C(=O)O)ccn2)c1OCc1ccc(F)cc1. The van der Waals surface area contributed by atoms with Gasteiger partial charge in [-0.3, -0.25) is 0 Å². The predicted molar refractivity (Wildman–Crippen MR) is 97.7 cm³/mol. The first kappa shape index (κ1) is 18.6. The fraction of sp³-hybridized carbons (Fsp3) is 0.250. The normalized spacial score (nSPS) is 10.7. The van der Waals surface area contributed by atoms with Crippen LogP contribution in [-0.2, 0) is 13.0 Å². The van der Waals surface area contributed by atoms with Gasteiger partial charge in [-0.05, 0) is 42.7 Å². The average molecular weight is 369 g/mol. The lowest BCUT2D eigenvalue weighted by atomic mass is 10.1. The molecule has 6 nitrogen and oxygen atoms in total. The minimum Gasteiger partial charge on any atom is -0.478 e. The molecule has 140 valence electrons. The number of unbranched alkanes of at least 4 members (excludes halogenated alkanes) is 1. The van der Waals surface area contributed by atoms with Gasteiger partial charge < -0.3 is 9.84 Å². The molecule has 27 heavy (non-hydrogen) atoms. The van der Waals surface area contributed by atoms with Gasteiger partial charge >= 0.3 is 5.97 Å². The molecule has 0 radical (unpaired) electrons. The van der Waals surface area contributed by atoms with Crippen molar-refractivity contribution in [2.24, 2.45) is 0 Å². The van der Waals surface area contributed by atoms with Crippen LogP contribution >= 0.6 is 0 Å². The number of nitrogens with zero attached hydrogens (tertiary/aromatic N) is 3. The van der Waals surface area contributed by atoms with Crippen molar-refractivity contribution >= 4 is 5.97 Å². The van der Waals surface area contributed by atoms with Crippen LogP contribution in [0.15, 0.2) is 48.8 Å². The zero-order valence-electron chi connectivity index (χ0n) is 14.9. The monoisotopic (exact) mass is 369 g/mol. The molecule has 0 atom stereocenters. The molecular weight excluding hydrogens is 349 g/mol. The number of rotatable bonds is 8. The Hall–Kier alpha value is -3.22. The first-order chi connectivity index (χ1) is 13.1. The van der Waals surface area contributed by atoms with Gasteiger partial charge in [0.25, 0.3) is 0 Å². The van der Waals surface area contributed by atoms with E-state index in [1.54, 1.807) is 18.3 Å². The fourth-order valence-electron chi connectivity index (χ4n) is 2.63. The second kappa shape index (κ2) is 8.44. The van der Waals surface area contributed by atoms with Crippen LogP contribution in [0.5, 0.6) is 5.88 Å². The lowest BCUT2D eigenvalue weighted by molar-refractivity contribution is 0.0696. The zero-order valence-corrected chi connectivity index (χ0v) is 14.9. The van der Waals surface area contributed by atoms with Gasteiger partial charge in [-0.2, -0.15) is 9.78 Å². The number of aryl methyl sites for hydroxylation is 1. The number of aromatic carboxylic acids is 1. The maximum Gasteiger partial charge on any atom is 0.335 e. The van der Waals surface area contributed by atoms with Crippen molar-refractivity contribution in [1.29, 1.82) is 0 Å². The molecule has 0 unspecified atom stereocenters. The molecule has 0 aliphatic heterocycles. The lowest BCUT2D eigenvalue weighted by Gasteiger charge is -2.11. The molecule has 2 heterocycles. The summed E-state index contributed by atoms with van der Waals surface area (Å²) in [5.41, 5.74) is 1.86.